The Hall–Kier alpha value is -4.34. The predicted molar refractivity (Wildman–Crippen MR) is 146 cm³/mol. The maximum atomic E-state index is 13.7. The average molecular weight is 547 g/mol. The maximum absolute atomic E-state index is 13.7. The molecule has 0 bridgehead atoms. The highest BCUT2D eigenvalue weighted by Crippen LogP contribution is 2.24. The number of benzene rings is 4. The van der Waals surface area contributed by atoms with Gasteiger partial charge in [0.1, 0.15) is 5.82 Å². The fourth-order valence-electron chi connectivity index (χ4n) is 3.95. The van der Waals surface area contributed by atoms with Crippen LogP contribution in [-0.4, -0.2) is 31.2 Å². The summed E-state index contributed by atoms with van der Waals surface area (Å²) in [5, 5.41) is 2.41. The van der Waals surface area contributed by atoms with E-state index >= 15 is 0 Å². The van der Waals surface area contributed by atoms with Gasteiger partial charge < -0.3 is 4.74 Å². The second kappa shape index (κ2) is 12.5. The van der Waals surface area contributed by atoms with E-state index in [0.717, 1.165) is 11.1 Å². The van der Waals surface area contributed by atoms with Gasteiger partial charge >= 0.3 is 6.09 Å². The molecule has 0 saturated heterocycles. The minimum atomic E-state index is -3.93. The van der Waals surface area contributed by atoms with Crippen molar-refractivity contribution in [3.8, 4) is 0 Å². The van der Waals surface area contributed by atoms with Crippen LogP contribution in [0.15, 0.2) is 108 Å². The molecule has 0 saturated carbocycles. The van der Waals surface area contributed by atoms with E-state index in [1.165, 1.54) is 46.8 Å². The van der Waals surface area contributed by atoms with Gasteiger partial charge in [-0.1, -0.05) is 60.7 Å². The molecule has 0 aromatic heterocycles. The van der Waals surface area contributed by atoms with Gasteiger partial charge in [0.15, 0.2) is 6.61 Å². The number of nitrogens with one attached hydrogen (secondary N) is 1. The number of hydrogen-bond acceptors (Lipinski definition) is 5. The summed E-state index contributed by atoms with van der Waals surface area (Å²) in [5.74, 6) is -0.940. The van der Waals surface area contributed by atoms with Gasteiger partial charge in [-0.15, -0.1) is 0 Å². The Bertz CT molecular complexity index is 1500. The standard InChI is InChI=1S/C30H27FN2O5S/c1-22-18-27(16-17-28(22)29(34)21-38-30(35)32-26-14-12-25(31)13-15-26)39(36,37)33(19-23-8-4-2-5-9-23)20-24-10-6-3-7-11-24/h2-18H,19-21H2,1H3,(H,32,35). The van der Waals surface area contributed by atoms with E-state index in [0.29, 0.717) is 11.3 Å². The molecule has 4 rings (SSSR count). The minimum absolute atomic E-state index is 0.0541. The van der Waals surface area contributed by atoms with Crippen molar-refractivity contribution in [2.45, 2.75) is 24.9 Å². The summed E-state index contributed by atoms with van der Waals surface area (Å²) in [6.45, 7) is 1.43. The number of aryl methyl sites for hydroxylation is 1. The van der Waals surface area contributed by atoms with E-state index in [1.54, 1.807) is 6.92 Å². The molecule has 0 aliphatic rings. The van der Waals surface area contributed by atoms with E-state index in [4.69, 9.17) is 4.74 Å². The SMILES string of the molecule is Cc1cc(S(=O)(=O)N(Cc2ccccc2)Cc2ccccc2)ccc1C(=O)COC(=O)Nc1ccc(F)cc1. The van der Waals surface area contributed by atoms with Crippen LogP contribution in [0.3, 0.4) is 0 Å². The van der Waals surface area contributed by atoms with Crippen molar-refractivity contribution in [3.63, 3.8) is 0 Å². The quantitative estimate of drug-likeness (QED) is 0.248. The first-order valence-corrected chi connectivity index (χ1v) is 13.6. The topological polar surface area (TPSA) is 92.8 Å². The van der Waals surface area contributed by atoms with Gasteiger partial charge in [-0.25, -0.2) is 17.6 Å². The molecule has 0 radical (unpaired) electrons. The molecule has 1 N–H and O–H groups in total. The van der Waals surface area contributed by atoms with Crippen LogP contribution in [0.5, 0.6) is 0 Å². The number of carbonyl (C=O) groups excluding carboxylic acids is 2. The van der Waals surface area contributed by atoms with Crippen molar-refractivity contribution < 1.29 is 27.1 Å². The number of ketones is 1. The summed E-state index contributed by atoms with van der Waals surface area (Å²) in [5.41, 5.74) is 2.67. The summed E-state index contributed by atoms with van der Waals surface area (Å²) in [7, 11) is -3.93. The Kier molecular flexibility index (Phi) is 8.85. The smallest absolute Gasteiger partial charge is 0.412 e. The van der Waals surface area contributed by atoms with Gasteiger partial charge in [-0.2, -0.15) is 4.31 Å². The van der Waals surface area contributed by atoms with Crippen molar-refractivity contribution in [1.82, 2.24) is 4.31 Å². The normalized spacial score (nSPS) is 11.3. The van der Waals surface area contributed by atoms with Gasteiger partial charge in [0, 0.05) is 24.3 Å². The molecule has 1 amide bonds. The Balaban J connectivity index is 1.48. The van der Waals surface area contributed by atoms with Crippen molar-refractivity contribution in [3.05, 3.63) is 131 Å². The molecule has 39 heavy (non-hydrogen) atoms. The highest BCUT2D eigenvalue weighted by Gasteiger charge is 2.26. The molecule has 0 unspecified atom stereocenters. The molecule has 0 aliphatic carbocycles. The first-order chi connectivity index (χ1) is 18.7. The lowest BCUT2D eigenvalue weighted by molar-refractivity contribution is 0.0863. The summed E-state index contributed by atoms with van der Waals surface area (Å²) >= 11 is 0. The maximum Gasteiger partial charge on any atom is 0.412 e. The van der Waals surface area contributed by atoms with E-state index < -0.39 is 34.3 Å². The largest absolute Gasteiger partial charge is 0.441 e. The van der Waals surface area contributed by atoms with Crippen LogP contribution >= 0.6 is 0 Å². The lowest BCUT2D eigenvalue weighted by Crippen LogP contribution is -2.30. The van der Waals surface area contributed by atoms with Crippen molar-refractivity contribution in [2.75, 3.05) is 11.9 Å². The van der Waals surface area contributed by atoms with E-state index in [9.17, 15) is 22.4 Å². The van der Waals surface area contributed by atoms with Crippen molar-refractivity contribution in [1.29, 1.82) is 0 Å². The number of hydrogen-bond donors (Lipinski definition) is 1. The minimum Gasteiger partial charge on any atom is -0.441 e. The van der Waals surface area contributed by atoms with Crippen molar-refractivity contribution >= 4 is 27.6 Å². The number of nitrogens with zero attached hydrogens (tertiary/aromatic N) is 1. The molecular formula is C30H27FN2O5S. The van der Waals surface area contributed by atoms with Crippen LogP contribution in [0.25, 0.3) is 0 Å². The molecular weight excluding hydrogens is 519 g/mol. The summed E-state index contributed by atoms with van der Waals surface area (Å²) in [4.78, 5) is 24.8. The lowest BCUT2D eigenvalue weighted by atomic mass is 10.1. The third-order valence-corrected chi connectivity index (χ3v) is 7.75. The van der Waals surface area contributed by atoms with Crippen LogP contribution in [0.2, 0.25) is 0 Å². The highest BCUT2D eigenvalue weighted by atomic mass is 32.2. The Morgan fingerprint density at radius 2 is 1.38 bits per heavy atom. The third-order valence-electron chi connectivity index (χ3n) is 5.96. The molecule has 0 spiro atoms. The van der Waals surface area contributed by atoms with Gasteiger partial charge in [-0.3, -0.25) is 10.1 Å². The highest BCUT2D eigenvalue weighted by molar-refractivity contribution is 7.89. The molecule has 7 nitrogen and oxygen atoms in total. The Morgan fingerprint density at radius 3 is 1.92 bits per heavy atom. The van der Waals surface area contributed by atoms with Gasteiger partial charge in [-0.05, 0) is 66.1 Å². The van der Waals surface area contributed by atoms with Crippen molar-refractivity contribution in [2.24, 2.45) is 0 Å². The predicted octanol–water partition coefficient (Wildman–Crippen LogP) is 5.96. The lowest BCUT2D eigenvalue weighted by Gasteiger charge is -2.23. The second-order valence-corrected chi connectivity index (χ2v) is 10.8. The average Bonchev–Trinajstić information content (AvgIpc) is 2.93. The molecule has 0 heterocycles. The first-order valence-electron chi connectivity index (χ1n) is 12.1. The van der Waals surface area contributed by atoms with Gasteiger partial charge in [0.2, 0.25) is 15.8 Å². The number of halogens is 1. The summed E-state index contributed by atoms with van der Waals surface area (Å²) in [6.07, 6.45) is -0.871. The first kappa shape index (κ1) is 27.7. The Labute approximate surface area is 226 Å². The molecule has 0 aliphatic heterocycles. The van der Waals surface area contributed by atoms with Crippen LogP contribution in [0.4, 0.5) is 14.9 Å². The second-order valence-electron chi connectivity index (χ2n) is 8.85. The number of sulfonamides is 1. The number of amides is 1. The fourth-order valence-corrected chi connectivity index (χ4v) is 5.46. The van der Waals surface area contributed by atoms with Crippen LogP contribution < -0.4 is 5.32 Å². The molecule has 0 fully saturated rings. The molecule has 4 aromatic carbocycles. The van der Waals surface area contributed by atoms with Crippen LogP contribution in [0, 0.1) is 12.7 Å². The number of carbonyl (C=O) groups is 2. The van der Waals surface area contributed by atoms with Gasteiger partial charge in [0.05, 0.1) is 4.90 Å². The summed E-state index contributed by atoms with van der Waals surface area (Å²) < 4.78 is 46.9. The van der Waals surface area contributed by atoms with E-state index in [-0.39, 0.29) is 23.5 Å². The zero-order valence-electron chi connectivity index (χ0n) is 21.2. The number of ether oxygens (including phenoxy) is 1. The number of anilines is 1. The molecule has 200 valence electrons. The van der Waals surface area contributed by atoms with Gasteiger partial charge in [0.25, 0.3) is 0 Å². The van der Waals surface area contributed by atoms with E-state index in [2.05, 4.69) is 5.32 Å². The molecule has 9 heteroatoms. The number of Topliss-reactive ketones (excluding diaryl/α,β-unsaturated/α-hetero) is 1. The number of rotatable bonds is 10. The monoisotopic (exact) mass is 546 g/mol. The summed E-state index contributed by atoms with van der Waals surface area (Å²) in [6, 6.07) is 28.0. The molecule has 4 aromatic rings. The zero-order valence-corrected chi connectivity index (χ0v) is 22.0. The Morgan fingerprint density at radius 1 is 0.821 bits per heavy atom. The van der Waals surface area contributed by atoms with Crippen LogP contribution in [0.1, 0.15) is 27.0 Å². The zero-order chi connectivity index (χ0) is 27.8. The van der Waals surface area contributed by atoms with Crippen LogP contribution in [-0.2, 0) is 27.8 Å². The molecule has 0 atom stereocenters. The van der Waals surface area contributed by atoms with E-state index in [1.807, 2.05) is 60.7 Å². The third kappa shape index (κ3) is 7.37. The fraction of sp³-hybridized carbons (Fsp3) is 0.133.